The zero-order valence-electron chi connectivity index (χ0n) is 18.1. The molecule has 4 aliphatic carbocycles. The van der Waals surface area contributed by atoms with Gasteiger partial charge in [-0.15, -0.1) is 0 Å². The van der Waals surface area contributed by atoms with Gasteiger partial charge in [0.15, 0.2) is 0 Å². The molecule has 0 amide bonds. The van der Waals surface area contributed by atoms with Crippen LogP contribution >= 0.6 is 43.0 Å². The molecule has 10 unspecified atom stereocenters. The van der Waals surface area contributed by atoms with Gasteiger partial charge < -0.3 is 0 Å². The molecular formula is C22H28I2N2O6. The normalized spacial score (nSPS) is 50.6. The number of rotatable bonds is 6. The Morgan fingerprint density at radius 3 is 2.62 bits per heavy atom. The summed E-state index contributed by atoms with van der Waals surface area (Å²) in [6, 6.07) is 0. The molecule has 7 rings (SSSR count). The van der Waals surface area contributed by atoms with E-state index >= 15 is 0 Å². The van der Waals surface area contributed by atoms with Crippen molar-refractivity contribution in [3.63, 3.8) is 0 Å². The number of carbonyl (C=O) groups is 3. The van der Waals surface area contributed by atoms with E-state index in [1.165, 1.54) is 6.42 Å². The summed E-state index contributed by atoms with van der Waals surface area (Å²) < 4.78 is 23.9. The second-order valence-corrected chi connectivity index (χ2v) is 17.4. The predicted octanol–water partition coefficient (Wildman–Crippen LogP) is 2.61. The summed E-state index contributed by atoms with van der Waals surface area (Å²) >= 11 is 0.845. The fraction of sp³-hybridized carbons (Fsp3) is 0.864. The third-order valence-corrected chi connectivity index (χ3v) is 16.7. The minimum absolute atomic E-state index is 0.0551. The van der Waals surface area contributed by atoms with Crippen LogP contribution in [-0.2, 0) is 28.6 Å². The van der Waals surface area contributed by atoms with E-state index in [1.54, 1.807) is 0 Å². The quantitative estimate of drug-likeness (QED) is 0.0842. The Kier molecular flexibility index (Phi) is 4.29. The van der Waals surface area contributed by atoms with E-state index in [2.05, 4.69) is 36.6 Å². The fourth-order valence-electron chi connectivity index (χ4n) is 7.72. The number of ether oxygens (including phenoxy) is 3. The molecule has 8 nitrogen and oxygen atoms in total. The molecule has 7 aliphatic rings. The number of alkyl halides is 2. The van der Waals surface area contributed by atoms with Gasteiger partial charge in [0.05, 0.1) is 0 Å². The van der Waals surface area contributed by atoms with Gasteiger partial charge in [-0.3, -0.25) is 0 Å². The average molecular weight is 670 g/mol. The Morgan fingerprint density at radius 2 is 2.03 bits per heavy atom. The topological polar surface area (TPSA) is 123 Å². The van der Waals surface area contributed by atoms with Gasteiger partial charge in [0.1, 0.15) is 0 Å². The van der Waals surface area contributed by atoms with Crippen LogP contribution in [0.4, 0.5) is 0 Å². The Labute approximate surface area is 208 Å². The molecule has 2 N–H and O–H groups in total. The maximum atomic E-state index is 13.6. The van der Waals surface area contributed by atoms with E-state index < -0.39 is 47.8 Å². The standard InChI is InChI=1S/C22H28I2N2O6/c1-3-21(8-9-4-5-10(21)6-9)32-18(28)14-12-7-11-13(14)17(27)30-15(11)16(12)31-19(29)20(2,23)22-24(25-22)26-22/h9-16,25-26H,3-8H2,1-2H3. The molecule has 0 aromatic carbocycles. The van der Waals surface area contributed by atoms with Crippen LogP contribution in [0.3, 0.4) is 0 Å². The molecule has 0 spiro atoms. The van der Waals surface area contributed by atoms with Gasteiger partial charge >= 0.3 is 203 Å². The first-order valence-electron chi connectivity index (χ1n) is 11.8. The molecule has 3 aliphatic heterocycles. The first-order chi connectivity index (χ1) is 15.2. The summed E-state index contributed by atoms with van der Waals surface area (Å²) in [5.41, 5.74) is -0.384. The third-order valence-electron chi connectivity index (χ3n) is 9.57. The molecule has 3 saturated heterocycles. The number of carbonyl (C=O) groups excluding carboxylic acids is 3. The minimum atomic E-state index is -1.33. The Bertz CT molecular complexity index is 937. The van der Waals surface area contributed by atoms with E-state index in [-0.39, 0.29) is 39.0 Å². The number of hydrogen-bond acceptors (Lipinski definition) is 8. The molecule has 0 radical (unpaired) electrons. The molecule has 7 fully saturated rings. The first-order valence-corrected chi connectivity index (χ1v) is 16.1. The van der Waals surface area contributed by atoms with E-state index in [0.29, 0.717) is 18.3 Å². The van der Waals surface area contributed by atoms with E-state index in [9.17, 15) is 14.4 Å². The van der Waals surface area contributed by atoms with Gasteiger partial charge in [-0.1, -0.05) is 0 Å². The summed E-state index contributed by atoms with van der Waals surface area (Å²) in [6.45, 7) is 4.00. The van der Waals surface area contributed by atoms with Crippen molar-refractivity contribution < 1.29 is 28.6 Å². The molecule has 4 saturated carbocycles. The summed E-state index contributed by atoms with van der Waals surface area (Å²) in [4.78, 5) is 39.5. The SMILES string of the molecule is CCC1(OC(=O)C2C3CC4C(OC(=O)C42)C3OC(=O)C(C)(I)C23NI2N3)CC2CCC1C2. The summed E-state index contributed by atoms with van der Waals surface area (Å²) in [5.74, 6) is -1.06. The number of esters is 3. The Hall–Kier alpha value is -0.210. The number of nitrogens with one attached hydrogen (secondary N) is 2. The maximum absolute atomic E-state index is 13.6. The zero-order chi connectivity index (χ0) is 22.2. The Morgan fingerprint density at radius 1 is 1.28 bits per heavy atom. The molecule has 32 heavy (non-hydrogen) atoms. The van der Waals surface area contributed by atoms with Gasteiger partial charge in [0.25, 0.3) is 0 Å². The zero-order valence-corrected chi connectivity index (χ0v) is 22.4. The van der Waals surface area contributed by atoms with Gasteiger partial charge in [-0.05, 0) is 6.42 Å². The molecule has 176 valence electrons. The molecule has 0 aromatic heterocycles. The number of hydrogen-bond donors (Lipinski definition) is 2. The van der Waals surface area contributed by atoms with Gasteiger partial charge in [0.2, 0.25) is 0 Å². The van der Waals surface area contributed by atoms with Crippen molar-refractivity contribution in [2.75, 3.05) is 0 Å². The monoisotopic (exact) mass is 670 g/mol. The third kappa shape index (κ3) is 2.53. The summed E-state index contributed by atoms with van der Waals surface area (Å²) in [5, 5.41) is 0. The van der Waals surface area contributed by atoms with Crippen LogP contribution < -0.4 is 7.06 Å². The molecule has 0 aromatic rings. The molecule has 10 heteroatoms. The van der Waals surface area contributed by atoms with Crippen LogP contribution in [0.5, 0.6) is 0 Å². The average Bonchev–Trinajstić information content (AvgIpc) is 3.25. The molecular weight excluding hydrogens is 642 g/mol. The second kappa shape index (κ2) is 6.51. The number of fused-ring (bicyclic) bond motifs is 4. The van der Waals surface area contributed by atoms with Crippen molar-refractivity contribution >= 4 is 60.9 Å². The first kappa shape index (κ1) is 21.1. The number of halogens is 2. The van der Waals surface area contributed by atoms with Crippen molar-refractivity contribution in [2.45, 2.75) is 77.3 Å². The second-order valence-electron chi connectivity index (χ2n) is 10.9. The summed E-state index contributed by atoms with van der Waals surface area (Å²) in [6.07, 6.45) is 4.96. The van der Waals surface area contributed by atoms with Crippen LogP contribution in [0, 0.1) is 35.5 Å². The van der Waals surface area contributed by atoms with Crippen molar-refractivity contribution in [2.24, 2.45) is 35.5 Å². The molecule has 3 heterocycles. The van der Waals surface area contributed by atoms with E-state index in [1.807, 2.05) is 6.92 Å². The fourth-order valence-corrected chi connectivity index (χ4v) is 15.5. The Balaban J connectivity index is 1.13. The van der Waals surface area contributed by atoms with Crippen LogP contribution in [0.25, 0.3) is 0 Å². The molecule has 10 atom stereocenters. The van der Waals surface area contributed by atoms with Crippen molar-refractivity contribution in [1.82, 2.24) is 7.06 Å². The van der Waals surface area contributed by atoms with Crippen LogP contribution in [0.1, 0.15) is 52.4 Å². The summed E-state index contributed by atoms with van der Waals surface area (Å²) in [7, 11) is 0. The van der Waals surface area contributed by atoms with Crippen LogP contribution in [0.2, 0.25) is 0 Å². The molecule has 4 bridgehead atoms. The predicted molar refractivity (Wildman–Crippen MR) is 128 cm³/mol. The van der Waals surface area contributed by atoms with Crippen molar-refractivity contribution in [1.29, 1.82) is 0 Å². The van der Waals surface area contributed by atoms with Crippen LogP contribution in [-0.4, -0.2) is 42.8 Å². The van der Waals surface area contributed by atoms with Crippen molar-refractivity contribution in [3.8, 4) is 0 Å². The van der Waals surface area contributed by atoms with Gasteiger partial charge in [0, 0.05) is 0 Å². The van der Waals surface area contributed by atoms with Crippen molar-refractivity contribution in [3.05, 3.63) is 0 Å². The van der Waals surface area contributed by atoms with Gasteiger partial charge in [-0.2, -0.15) is 0 Å². The van der Waals surface area contributed by atoms with Gasteiger partial charge in [-0.25, -0.2) is 0 Å². The van der Waals surface area contributed by atoms with E-state index in [4.69, 9.17) is 14.2 Å². The van der Waals surface area contributed by atoms with Crippen LogP contribution in [0.15, 0.2) is 0 Å². The van der Waals surface area contributed by atoms with E-state index in [0.717, 1.165) is 25.7 Å².